The van der Waals surface area contributed by atoms with Crippen molar-refractivity contribution in [3.63, 3.8) is 0 Å². The van der Waals surface area contributed by atoms with Crippen molar-refractivity contribution in [2.75, 3.05) is 4.90 Å². The molecule has 3 aromatic rings. The van der Waals surface area contributed by atoms with Crippen LogP contribution < -0.4 is 4.90 Å². The van der Waals surface area contributed by atoms with E-state index in [-0.39, 0.29) is 11.3 Å². The number of hydrogen-bond acceptors (Lipinski definition) is 5. The fourth-order valence-electron chi connectivity index (χ4n) is 3.58. The topological polar surface area (TPSA) is 83.4 Å². The molecule has 6 nitrogen and oxygen atoms in total. The molecule has 0 aliphatic carbocycles. The second kappa shape index (κ2) is 7.31. The Labute approximate surface area is 168 Å². The van der Waals surface area contributed by atoms with E-state index in [1.165, 1.54) is 17.3 Å². The Morgan fingerprint density at radius 1 is 1.00 bits per heavy atom. The van der Waals surface area contributed by atoms with Crippen molar-refractivity contribution in [3.05, 3.63) is 95.1 Å². The average molecular weight is 385 g/mol. The van der Waals surface area contributed by atoms with Gasteiger partial charge in [-0.3, -0.25) is 24.5 Å². The molecular formula is C23H19N3O3. The number of carbonyl (C=O) groups excluding carboxylic acids is 2. The summed E-state index contributed by atoms with van der Waals surface area (Å²) in [5.74, 6) is -1.63. The Morgan fingerprint density at radius 2 is 1.76 bits per heavy atom. The maximum Gasteiger partial charge on any atom is 0.300 e. The molecule has 1 aliphatic rings. The third-order valence-corrected chi connectivity index (χ3v) is 5.02. The molecule has 0 radical (unpaired) electrons. The molecule has 1 unspecified atom stereocenters. The second-order valence-electron chi connectivity index (χ2n) is 6.98. The van der Waals surface area contributed by atoms with Gasteiger partial charge < -0.3 is 5.11 Å². The normalized spacial score (nSPS) is 18.3. The average Bonchev–Trinajstić information content (AvgIpc) is 3.01. The minimum absolute atomic E-state index is 0.0371. The molecule has 1 saturated heterocycles. The van der Waals surface area contributed by atoms with Crippen LogP contribution in [-0.4, -0.2) is 26.8 Å². The van der Waals surface area contributed by atoms with Gasteiger partial charge in [0, 0.05) is 36.0 Å². The molecule has 0 spiro atoms. The predicted molar refractivity (Wildman–Crippen MR) is 109 cm³/mol. The summed E-state index contributed by atoms with van der Waals surface area (Å²) >= 11 is 0. The lowest BCUT2D eigenvalue weighted by atomic mass is 9.96. The minimum Gasteiger partial charge on any atom is -0.507 e. The van der Waals surface area contributed by atoms with Crippen LogP contribution in [0, 0.1) is 13.8 Å². The molecule has 0 bridgehead atoms. The summed E-state index contributed by atoms with van der Waals surface area (Å²) in [6, 6.07) is 11.7. The molecule has 1 fully saturated rings. The number of nitrogens with zero attached hydrogens (tertiary/aromatic N) is 3. The number of carbonyl (C=O) groups is 2. The Kier molecular flexibility index (Phi) is 4.68. The molecule has 1 aromatic carbocycles. The van der Waals surface area contributed by atoms with Crippen LogP contribution in [-0.2, 0) is 9.59 Å². The van der Waals surface area contributed by atoms with E-state index >= 15 is 0 Å². The molecule has 29 heavy (non-hydrogen) atoms. The van der Waals surface area contributed by atoms with E-state index in [2.05, 4.69) is 9.97 Å². The monoisotopic (exact) mass is 385 g/mol. The first-order valence-electron chi connectivity index (χ1n) is 9.17. The van der Waals surface area contributed by atoms with Gasteiger partial charge in [0.15, 0.2) is 0 Å². The number of ketones is 1. The van der Waals surface area contributed by atoms with E-state index < -0.39 is 17.7 Å². The van der Waals surface area contributed by atoms with Gasteiger partial charge in [-0.05, 0) is 54.8 Å². The Balaban J connectivity index is 1.98. The van der Waals surface area contributed by atoms with Gasteiger partial charge in [-0.25, -0.2) is 0 Å². The molecular weight excluding hydrogens is 366 g/mol. The highest BCUT2D eigenvalue weighted by atomic mass is 16.3. The number of anilines is 1. The van der Waals surface area contributed by atoms with Crippen LogP contribution in [0.15, 0.2) is 72.8 Å². The summed E-state index contributed by atoms with van der Waals surface area (Å²) in [4.78, 5) is 35.7. The number of aryl methyl sites for hydroxylation is 2. The van der Waals surface area contributed by atoms with Crippen molar-refractivity contribution in [2.45, 2.75) is 19.9 Å². The van der Waals surface area contributed by atoms with Gasteiger partial charge in [0.05, 0.1) is 11.6 Å². The van der Waals surface area contributed by atoms with E-state index in [1.54, 1.807) is 36.7 Å². The van der Waals surface area contributed by atoms with Gasteiger partial charge in [-0.1, -0.05) is 18.2 Å². The van der Waals surface area contributed by atoms with E-state index in [0.717, 1.165) is 11.1 Å². The third-order valence-electron chi connectivity index (χ3n) is 5.02. The Morgan fingerprint density at radius 3 is 2.45 bits per heavy atom. The van der Waals surface area contributed by atoms with Gasteiger partial charge in [0.25, 0.3) is 11.7 Å². The number of rotatable bonds is 3. The number of amides is 1. The number of hydrogen-bond donors (Lipinski definition) is 1. The quantitative estimate of drug-likeness (QED) is 0.422. The molecule has 3 heterocycles. The van der Waals surface area contributed by atoms with Gasteiger partial charge in [0.2, 0.25) is 0 Å². The maximum atomic E-state index is 13.1. The molecule has 0 saturated carbocycles. The number of pyridine rings is 2. The molecule has 1 atom stereocenters. The zero-order valence-corrected chi connectivity index (χ0v) is 16.0. The van der Waals surface area contributed by atoms with Crippen LogP contribution in [0.2, 0.25) is 0 Å². The van der Waals surface area contributed by atoms with Gasteiger partial charge in [-0.2, -0.15) is 0 Å². The lowest BCUT2D eigenvalue weighted by Gasteiger charge is -2.26. The molecule has 1 amide bonds. The highest BCUT2D eigenvalue weighted by Crippen LogP contribution is 2.42. The van der Waals surface area contributed by atoms with Crippen LogP contribution in [0.4, 0.5) is 5.69 Å². The number of aromatic nitrogens is 2. The molecule has 1 N–H and O–H groups in total. The Bertz CT molecular complexity index is 1120. The van der Waals surface area contributed by atoms with E-state index in [4.69, 9.17) is 0 Å². The van der Waals surface area contributed by atoms with Crippen molar-refractivity contribution < 1.29 is 14.7 Å². The zero-order chi connectivity index (χ0) is 20.5. The molecule has 1 aliphatic heterocycles. The lowest BCUT2D eigenvalue weighted by Crippen LogP contribution is -2.30. The SMILES string of the molecule is Cc1ccc(C)c(N2C(=O)C(=O)/C(=C(/O)c3ccncc3)C2c2cccnc2)c1. The fourth-order valence-corrected chi connectivity index (χ4v) is 3.58. The van der Waals surface area contributed by atoms with Crippen molar-refractivity contribution >= 4 is 23.1 Å². The molecule has 4 rings (SSSR count). The predicted octanol–water partition coefficient (Wildman–Crippen LogP) is 3.72. The fraction of sp³-hybridized carbons (Fsp3) is 0.130. The molecule has 2 aromatic heterocycles. The van der Waals surface area contributed by atoms with Crippen LogP contribution >= 0.6 is 0 Å². The second-order valence-corrected chi connectivity index (χ2v) is 6.98. The van der Waals surface area contributed by atoms with Crippen LogP contribution in [0.25, 0.3) is 5.76 Å². The first kappa shape index (κ1) is 18.6. The number of benzene rings is 1. The number of aliphatic hydroxyl groups is 1. The molecule has 144 valence electrons. The summed E-state index contributed by atoms with van der Waals surface area (Å²) in [6.45, 7) is 3.81. The highest BCUT2D eigenvalue weighted by molar-refractivity contribution is 6.51. The first-order valence-corrected chi connectivity index (χ1v) is 9.17. The Hall–Kier alpha value is -3.80. The lowest BCUT2D eigenvalue weighted by molar-refractivity contribution is -0.132. The van der Waals surface area contributed by atoms with Crippen molar-refractivity contribution in [2.24, 2.45) is 0 Å². The maximum absolute atomic E-state index is 13.1. The standard InChI is InChI=1S/C23H19N3O3/c1-14-5-6-15(2)18(12-14)26-20(17-4-3-9-25-13-17)19(22(28)23(26)29)21(27)16-7-10-24-11-8-16/h3-13,20,27H,1-2H3/b21-19+. The van der Waals surface area contributed by atoms with E-state index in [1.807, 2.05) is 32.0 Å². The molecule has 6 heteroatoms. The van der Waals surface area contributed by atoms with Crippen LogP contribution in [0.5, 0.6) is 0 Å². The van der Waals surface area contributed by atoms with Crippen LogP contribution in [0.3, 0.4) is 0 Å². The van der Waals surface area contributed by atoms with Gasteiger partial charge in [0.1, 0.15) is 5.76 Å². The van der Waals surface area contributed by atoms with Crippen molar-refractivity contribution in [1.29, 1.82) is 0 Å². The summed E-state index contributed by atoms with van der Waals surface area (Å²) in [7, 11) is 0. The smallest absolute Gasteiger partial charge is 0.300 e. The van der Waals surface area contributed by atoms with Crippen molar-refractivity contribution in [3.8, 4) is 0 Å². The summed E-state index contributed by atoms with van der Waals surface area (Å²) in [5, 5.41) is 11.0. The first-order chi connectivity index (χ1) is 14.0. The van der Waals surface area contributed by atoms with Gasteiger partial charge >= 0.3 is 0 Å². The number of aliphatic hydroxyl groups excluding tert-OH is 1. The third kappa shape index (κ3) is 3.18. The minimum atomic E-state index is -0.780. The van der Waals surface area contributed by atoms with Crippen molar-refractivity contribution in [1.82, 2.24) is 9.97 Å². The van der Waals surface area contributed by atoms with E-state index in [0.29, 0.717) is 16.8 Å². The summed E-state index contributed by atoms with van der Waals surface area (Å²) in [5.41, 5.74) is 3.56. The number of Topliss-reactive ketones (excluding diaryl/α,β-unsaturated/α-hetero) is 1. The summed E-state index contributed by atoms with van der Waals surface area (Å²) < 4.78 is 0. The van der Waals surface area contributed by atoms with Gasteiger partial charge in [-0.15, -0.1) is 0 Å². The largest absolute Gasteiger partial charge is 0.507 e. The highest BCUT2D eigenvalue weighted by Gasteiger charge is 2.47. The zero-order valence-electron chi connectivity index (χ0n) is 16.0. The van der Waals surface area contributed by atoms with E-state index in [9.17, 15) is 14.7 Å². The van der Waals surface area contributed by atoms with Crippen LogP contribution in [0.1, 0.15) is 28.3 Å². The summed E-state index contributed by atoms with van der Waals surface area (Å²) in [6.07, 6.45) is 6.27.